The van der Waals surface area contributed by atoms with Crippen molar-refractivity contribution in [2.45, 2.75) is 31.2 Å². The summed E-state index contributed by atoms with van der Waals surface area (Å²) in [5, 5.41) is 13.3. The van der Waals surface area contributed by atoms with Crippen molar-refractivity contribution in [2.75, 3.05) is 11.9 Å². The standard InChI is InChI=1S/C11H14BrClN2O/c12-8-5-9(13)10(14-6-8)15-11(7-16)3-1-2-4-11/h5-6,16H,1-4,7H2,(H,14,15). The molecule has 0 atom stereocenters. The number of anilines is 1. The molecule has 0 unspecified atom stereocenters. The number of pyridine rings is 1. The number of hydrogen-bond acceptors (Lipinski definition) is 3. The Balaban J connectivity index is 2.19. The second kappa shape index (κ2) is 4.90. The van der Waals surface area contributed by atoms with Gasteiger partial charge in [0.1, 0.15) is 5.82 Å². The van der Waals surface area contributed by atoms with Gasteiger partial charge in [0, 0.05) is 10.7 Å². The fourth-order valence-corrected chi connectivity index (χ4v) is 2.81. The summed E-state index contributed by atoms with van der Waals surface area (Å²) < 4.78 is 0.854. The predicted molar refractivity (Wildman–Crippen MR) is 68.9 cm³/mol. The molecule has 0 aliphatic heterocycles. The lowest BCUT2D eigenvalue weighted by atomic mass is 9.99. The Morgan fingerprint density at radius 1 is 1.50 bits per heavy atom. The molecular formula is C11H14BrClN2O. The molecule has 0 saturated heterocycles. The fraction of sp³-hybridized carbons (Fsp3) is 0.545. The molecule has 1 aromatic heterocycles. The molecule has 0 spiro atoms. The van der Waals surface area contributed by atoms with Crippen LogP contribution >= 0.6 is 27.5 Å². The van der Waals surface area contributed by atoms with Crippen LogP contribution in [-0.4, -0.2) is 22.2 Å². The Kier molecular flexibility index (Phi) is 3.72. The number of nitrogens with zero attached hydrogens (tertiary/aromatic N) is 1. The van der Waals surface area contributed by atoms with E-state index in [0.717, 1.165) is 30.2 Å². The average Bonchev–Trinajstić information content (AvgIpc) is 2.72. The first kappa shape index (κ1) is 12.1. The van der Waals surface area contributed by atoms with Crippen LogP contribution in [-0.2, 0) is 0 Å². The minimum atomic E-state index is -0.232. The van der Waals surface area contributed by atoms with Gasteiger partial charge in [0.2, 0.25) is 0 Å². The van der Waals surface area contributed by atoms with Crippen LogP contribution in [0.5, 0.6) is 0 Å². The van der Waals surface area contributed by atoms with Gasteiger partial charge in [-0.2, -0.15) is 0 Å². The summed E-state index contributed by atoms with van der Waals surface area (Å²) in [6, 6.07) is 1.80. The maximum Gasteiger partial charge on any atom is 0.145 e. The monoisotopic (exact) mass is 304 g/mol. The molecule has 3 nitrogen and oxygen atoms in total. The summed E-state index contributed by atoms with van der Waals surface area (Å²) >= 11 is 9.41. The zero-order chi connectivity index (χ0) is 11.6. The van der Waals surface area contributed by atoms with E-state index in [9.17, 15) is 5.11 Å². The van der Waals surface area contributed by atoms with Crippen LogP contribution in [0.25, 0.3) is 0 Å². The molecule has 2 rings (SSSR count). The minimum absolute atomic E-state index is 0.126. The molecule has 5 heteroatoms. The number of nitrogens with one attached hydrogen (secondary N) is 1. The molecule has 1 aliphatic carbocycles. The van der Waals surface area contributed by atoms with Crippen LogP contribution in [0.4, 0.5) is 5.82 Å². The summed E-state index contributed by atoms with van der Waals surface area (Å²) in [7, 11) is 0. The lowest BCUT2D eigenvalue weighted by Gasteiger charge is -2.29. The predicted octanol–water partition coefficient (Wildman–Crippen LogP) is 3.21. The van der Waals surface area contributed by atoms with Crippen LogP contribution in [0.3, 0.4) is 0 Å². The number of aliphatic hydroxyl groups excluding tert-OH is 1. The Morgan fingerprint density at radius 2 is 2.19 bits per heavy atom. The summed E-state index contributed by atoms with van der Waals surface area (Å²) in [4.78, 5) is 4.23. The van der Waals surface area contributed by atoms with Gasteiger partial charge >= 0.3 is 0 Å². The highest BCUT2D eigenvalue weighted by atomic mass is 79.9. The molecule has 0 bridgehead atoms. The van der Waals surface area contributed by atoms with E-state index < -0.39 is 0 Å². The normalized spacial score (nSPS) is 18.7. The highest BCUT2D eigenvalue weighted by Crippen LogP contribution is 2.34. The van der Waals surface area contributed by atoms with Crippen molar-refractivity contribution in [1.29, 1.82) is 0 Å². The van der Waals surface area contributed by atoms with E-state index in [1.54, 1.807) is 12.3 Å². The first-order chi connectivity index (χ1) is 7.65. The van der Waals surface area contributed by atoms with E-state index in [1.807, 2.05) is 0 Å². The summed E-state index contributed by atoms with van der Waals surface area (Å²) in [5.74, 6) is 0.654. The van der Waals surface area contributed by atoms with E-state index in [4.69, 9.17) is 11.6 Å². The molecular weight excluding hydrogens is 291 g/mol. The lowest BCUT2D eigenvalue weighted by molar-refractivity contribution is 0.214. The minimum Gasteiger partial charge on any atom is -0.394 e. The van der Waals surface area contributed by atoms with Gasteiger partial charge in [-0.05, 0) is 34.8 Å². The van der Waals surface area contributed by atoms with Gasteiger partial charge in [-0.1, -0.05) is 24.4 Å². The Hall–Kier alpha value is -0.320. The zero-order valence-corrected chi connectivity index (χ0v) is 11.2. The summed E-state index contributed by atoms with van der Waals surface area (Å²) in [6.45, 7) is 0.126. The van der Waals surface area contributed by atoms with Crippen LogP contribution in [0.1, 0.15) is 25.7 Å². The third kappa shape index (κ3) is 2.50. The number of halogens is 2. The molecule has 0 radical (unpaired) electrons. The van der Waals surface area contributed by atoms with Crippen molar-refractivity contribution in [3.63, 3.8) is 0 Å². The zero-order valence-electron chi connectivity index (χ0n) is 8.84. The third-order valence-corrected chi connectivity index (χ3v) is 3.78. The second-order valence-corrected chi connectivity index (χ2v) is 5.58. The number of hydrogen-bond donors (Lipinski definition) is 2. The van der Waals surface area contributed by atoms with E-state index in [1.165, 1.54) is 0 Å². The van der Waals surface area contributed by atoms with Crippen molar-refractivity contribution in [3.8, 4) is 0 Å². The van der Waals surface area contributed by atoms with Gasteiger partial charge in [0.25, 0.3) is 0 Å². The van der Waals surface area contributed by atoms with Crippen LogP contribution in [0.15, 0.2) is 16.7 Å². The van der Waals surface area contributed by atoms with Crippen LogP contribution in [0.2, 0.25) is 5.02 Å². The van der Waals surface area contributed by atoms with Crippen molar-refractivity contribution < 1.29 is 5.11 Å². The van der Waals surface area contributed by atoms with Crippen LogP contribution in [0, 0.1) is 0 Å². The lowest BCUT2D eigenvalue weighted by Crippen LogP contribution is -2.39. The largest absolute Gasteiger partial charge is 0.394 e. The molecule has 2 N–H and O–H groups in total. The molecule has 1 aliphatic rings. The van der Waals surface area contributed by atoms with Gasteiger partial charge in [0.05, 0.1) is 17.2 Å². The maximum atomic E-state index is 9.48. The first-order valence-electron chi connectivity index (χ1n) is 5.35. The van der Waals surface area contributed by atoms with E-state index >= 15 is 0 Å². The van der Waals surface area contributed by atoms with Gasteiger partial charge in [-0.3, -0.25) is 0 Å². The molecule has 16 heavy (non-hydrogen) atoms. The average molecular weight is 306 g/mol. The molecule has 1 heterocycles. The quantitative estimate of drug-likeness (QED) is 0.901. The topological polar surface area (TPSA) is 45.1 Å². The SMILES string of the molecule is OCC1(Nc2ncc(Br)cc2Cl)CCCC1. The van der Waals surface area contributed by atoms with Crippen molar-refractivity contribution in [2.24, 2.45) is 0 Å². The smallest absolute Gasteiger partial charge is 0.145 e. The maximum absolute atomic E-state index is 9.48. The fourth-order valence-electron chi connectivity index (χ4n) is 2.13. The molecule has 88 valence electrons. The highest BCUT2D eigenvalue weighted by Gasteiger charge is 2.33. The summed E-state index contributed by atoms with van der Waals surface area (Å²) in [5.41, 5.74) is -0.232. The van der Waals surface area contributed by atoms with Gasteiger partial charge in [-0.25, -0.2) is 4.98 Å². The van der Waals surface area contributed by atoms with E-state index in [0.29, 0.717) is 10.8 Å². The molecule has 1 aromatic rings. The first-order valence-corrected chi connectivity index (χ1v) is 6.52. The van der Waals surface area contributed by atoms with Gasteiger partial charge in [0.15, 0.2) is 0 Å². The second-order valence-electron chi connectivity index (χ2n) is 4.25. The Morgan fingerprint density at radius 3 is 2.75 bits per heavy atom. The van der Waals surface area contributed by atoms with Crippen molar-refractivity contribution >= 4 is 33.3 Å². The number of rotatable bonds is 3. The van der Waals surface area contributed by atoms with Crippen molar-refractivity contribution in [3.05, 3.63) is 21.8 Å². The number of aliphatic hydroxyl groups is 1. The van der Waals surface area contributed by atoms with E-state index in [-0.39, 0.29) is 12.1 Å². The van der Waals surface area contributed by atoms with Gasteiger partial charge < -0.3 is 10.4 Å². The molecule has 1 saturated carbocycles. The van der Waals surface area contributed by atoms with Gasteiger partial charge in [-0.15, -0.1) is 0 Å². The third-order valence-electron chi connectivity index (χ3n) is 3.05. The van der Waals surface area contributed by atoms with Crippen LogP contribution < -0.4 is 5.32 Å². The molecule has 0 amide bonds. The van der Waals surface area contributed by atoms with Crippen molar-refractivity contribution in [1.82, 2.24) is 4.98 Å². The number of aromatic nitrogens is 1. The molecule has 1 fully saturated rings. The summed E-state index contributed by atoms with van der Waals surface area (Å²) in [6.07, 6.45) is 5.92. The Bertz CT molecular complexity index is 380. The Labute approximate surface area is 108 Å². The molecule has 0 aromatic carbocycles. The van der Waals surface area contributed by atoms with E-state index in [2.05, 4.69) is 26.2 Å². The highest BCUT2D eigenvalue weighted by molar-refractivity contribution is 9.10.